The fourth-order valence-corrected chi connectivity index (χ4v) is 3.36. The van der Waals surface area contributed by atoms with Gasteiger partial charge in [0.05, 0.1) is 6.61 Å². The van der Waals surface area contributed by atoms with Gasteiger partial charge >= 0.3 is 5.97 Å². The number of aromatic carboxylic acids is 1. The van der Waals surface area contributed by atoms with Crippen LogP contribution in [0.15, 0.2) is 27.7 Å². The molecule has 1 saturated heterocycles. The third-order valence-corrected chi connectivity index (χ3v) is 4.88. The van der Waals surface area contributed by atoms with Crippen LogP contribution < -0.4 is 5.43 Å². The van der Waals surface area contributed by atoms with Crippen molar-refractivity contribution < 1.29 is 24.5 Å². The van der Waals surface area contributed by atoms with E-state index in [4.69, 9.17) is 9.52 Å². The lowest BCUT2D eigenvalue weighted by Crippen LogP contribution is -2.49. The van der Waals surface area contributed by atoms with Gasteiger partial charge < -0.3 is 19.7 Å². The van der Waals surface area contributed by atoms with Crippen molar-refractivity contribution >= 4 is 35.5 Å². The van der Waals surface area contributed by atoms with Crippen molar-refractivity contribution in [3.05, 3.63) is 35.2 Å². The molecule has 4 heterocycles. The van der Waals surface area contributed by atoms with Crippen LogP contribution in [0.2, 0.25) is 0 Å². The van der Waals surface area contributed by atoms with Crippen molar-refractivity contribution in [2.75, 3.05) is 44.8 Å². The number of carboxylic acids is 1. The van der Waals surface area contributed by atoms with E-state index in [1.807, 2.05) is 11.1 Å². The fourth-order valence-electron chi connectivity index (χ4n) is 3.36. The second-order valence-electron chi connectivity index (χ2n) is 6.72. The van der Waals surface area contributed by atoms with Gasteiger partial charge in [-0.05, 0) is 18.2 Å². The molecule has 0 aromatic carbocycles. The molecule has 29 heavy (non-hydrogen) atoms. The first-order chi connectivity index (χ1) is 14.1. The van der Waals surface area contributed by atoms with Crippen molar-refractivity contribution in [2.24, 2.45) is 4.99 Å². The molecule has 0 spiro atoms. The van der Waals surface area contributed by atoms with Crippen molar-refractivity contribution in [1.29, 1.82) is 0 Å². The normalized spacial score (nSPS) is 18.3. The number of aromatic hydroxyl groups is 1. The maximum atomic E-state index is 11.7. The lowest BCUT2D eigenvalue weighted by molar-refractivity contribution is 0.0693. The van der Waals surface area contributed by atoms with Gasteiger partial charge in [0.1, 0.15) is 0 Å². The van der Waals surface area contributed by atoms with E-state index in [1.54, 1.807) is 24.6 Å². The topological polar surface area (TPSA) is 135 Å². The summed E-state index contributed by atoms with van der Waals surface area (Å²) in [5.41, 5.74) is 4.07. The monoisotopic (exact) mass is 399 g/mol. The van der Waals surface area contributed by atoms with Gasteiger partial charge in [0.15, 0.2) is 22.9 Å². The number of aliphatic imine (C=N–C) groups is 1. The van der Waals surface area contributed by atoms with E-state index in [1.165, 1.54) is 0 Å². The number of aliphatic hydroxyl groups excluding tert-OH is 1. The summed E-state index contributed by atoms with van der Waals surface area (Å²) in [6, 6.07) is 3.61. The van der Waals surface area contributed by atoms with Crippen molar-refractivity contribution in [2.45, 2.75) is 0 Å². The van der Waals surface area contributed by atoms with Gasteiger partial charge in [0.2, 0.25) is 5.88 Å². The van der Waals surface area contributed by atoms with E-state index in [0.717, 1.165) is 18.7 Å². The minimum absolute atomic E-state index is 0.0289. The molecule has 0 unspecified atom stereocenters. The maximum absolute atomic E-state index is 11.7. The average Bonchev–Trinajstić information content (AvgIpc) is 3.25. The van der Waals surface area contributed by atoms with E-state index < -0.39 is 11.7 Å². The Balaban J connectivity index is 1.58. The van der Waals surface area contributed by atoms with Crippen LogP contribution in [0.1, 0.15) is 21.7 Å². The molecule has 0 amide bonds. The summed E-state index contributed by atoms with van der Waals surface area (Å²) in [5.74, 6) is -1.18. The molecule has 1 fully saturated rings. The average molecular weight is 399 g/mol. The first-order valence-electron chi connectivity index (χ1n) is 9.22. The zero-order valence-corrected chi connectivity index (χ0v) is 15.6. The highest BCUT2D eigenvalue weighted by atomic mass is 16.4. The zero-order chi connectivity index (χ0) is 20.4. The number of aromatic nitrogens is 1. The van der Waals surface area contributed by atoms with Gasteiger partial charge in [0.25, 0.3) is 0 Å². The number of aliphatic hydroxyl groups is 1. The van der Waals surface area contributed by atoms with Gasteiger partial charge in [0, 0.05) is 56.3 Å². The first-order valence-corrected chi connectivity index (χ1v) is 9.22. The number of nitrogens with zero attached hydrogens (tertiary/aromatic N) is 4. The van der Waals surface area contributed by atoms with E-state index in [0.29, 0.717) is 31.0 Å². The predicted molar refractivity (Wildman–Crippen MR) is 106 cm³/mol. The molecule has 0 aliphatic carbocycles. The molecule has 2 aliphatic rings. The summed E-state index contributed by atoms with van der Waals surface area (Å²) >= 11 is 0. The molecule has 10 nitrogen and oxygen atoms in total. The van der Waals surface area contributed by atoms with Gasteiger partial charge in [-0.2, -0.15) is 0 Å². The highest BCUT2D eigenvalue weighted by molar-refractivity contribution is 6.21. The quantitative estimate of drug-likeness (QED) is 0.566. The SMILES string of the molecule is O=C(O)c1c(NN2CCN(CCO)CC2)oc(C=C2C=Nc3ncccc32)c1O. The number of allylic oxidation sites excluding steroid dienone is 1. The number of carboxylic acid groups (broad SMARTS) is 1. The van der Waals surface area contributed by atoms with Gasteiger partial charge in [-0.25, -0.2) is 19.8 Å². The second-order valence-corrected chi connectivity index (χ2v) is 6.72. The summed E-state index contributed by atoms with van der Waals surface area (Å²) in [5, 5.41) is 30.9. The number of hydrazine groups is 1. The lowest BCUT2D eigenvalue weighted by atomic mass is 10.1. The number of fused-ring (bicyclic) bond motifs is 1. The Morgan fingerprint density at radius 3 is 2.83 bits per heavy atom. The van der Waals surface area contributed by atoms with Gasteiger partial charge in [-0.3, -0.25) is 10.3 Å². The number of hydrogen-bond acceptors (Lipinski definition) is 9. The molecular weight excluding hydrogens is 378 g/mol. The Kier molecular flexibility index (Phi) is 5.30. The Hall–Kier alpha value is -3.21. The highest BCUT2D eigenvalue weighted by Gasteiger charge is 2.27. The van der Waals surface area contributed by atoms with Crippen molar-refractivity contribution in [3.63, 3.8) is 0 Å². The number of rotatable bonds is 6. The predicted octanol–water partition coefficient (Wildman–Crippen LogP) is 1.27. The molecule has 10 heteroatoms. The molecular formula is C19H21N5O5. The molecule has 0 bridgehead atoms. The molecule has 4 N–H and O–H groups in total. The first kappa shape index (κ1) is 19.1. The number of anilines is 1. The Bertz CT molecular complexity index is 975. The van der Waals surface area contributed by atoms with Crippen LogP contribution in [-0.4, -0.2) is 81.7 Å². The fraction of sp³-hybridized carbons (Fsp3) is 0.316. The summed E-state index contributed by atoms with van der Waals surface area (Å²) in [6.45, 7) is 3.37. The summed E-state index contributed by atoms with van der Waals surface area (Å²) in [6.07, 6.45) is 4.77. The summed E-state index contributed by atoms with van der Waals surface area (Å²) in [7, 11) is 0. The highest BCUT2D eigenvalue weighted by Crippen LogP contribution is 2.38. The maximum Gasteiger partial charge on any atom is 0.345 e. The number of pyridine rings is 1. The summed E-state index contributed by atoms with van der Waals surface area (Å²) < 4.78 is 5.67. The zero-order valence-electron chi connectivity index (χ0n) is 15.6. The van der Waals surface area contributed by atoms with Crippen LogP contribution in [-0.2, 0) is 0 Å². The van der Waals surface area contributed by atoms with E-state index in [9.17, 15) is 15.0 Å². The van der Waals surface area contributed by atoms with Crippen LogP contribution in [0.5, 0.6) is 5.75 Å². The Morgan fingerprint density at radius 2 is 2.10 bits per heavy atom. The molecule has 0 atom stereocenters. The number of carbonyl (C=O) groups is 1. The van der Waals surface area contributed by atoms with E-state index in [-0.39, 0.29) is 23.8 Å². The minimum Gasteiger partial charge on any atom is -0.504 e. The third kappa shape index (κ3) is 3.86. The molecule has 0 radical (unpaired) electrons. The number of hydrogen-bond donors (Lipinski definition) is 4. The smallest absolute Gasteiger partial charge is 0.345 e. The standard InChI is InChI=1S/C19H21N5O5/c25-9-8-23-4-6-24(7-5-23)22-18-15(19(27)28)16(26)14(29-18)10-12-11-21-17-13(12)2-1-3-20-17/h1-3,10-11,22,25-26H,4-9H2,(H,27,28). The van der Waals surface area contributed by atoms with Crippen LogP contribution >= 0.6 is 0 Å². The number of furan rings is 1. The molecule has 2 aromatic rings. The van der Waals surface area contributed by atoms with Crippen LogP contribution in [0.25, 0.3) is 11.6 Å². The third-order valence-electron chi connectivity index (χ3n) is 4.88. The largest absolute Gasteiger partial charge is 0.504 e. The Labute approximate surface area is 166 Å². The Morgan fingerprint density at radius 1 is 1.31 bits per heavy atom. The molecule has 152 valence electrons. The second kappa shape index (κ2) is 8.03. The molecule has 2 aromatic heterocycles. The van der Waals surface area contributed by atoms with Crippen LogP contribution in [0, 0.1) is 0 Å². The molecule has 4 rings (SSSR count). The summed E-state index contributed by atoms with van der Waals surface area (Å²) in [4.78, 5) is 22.2. The van der Waals surface area contributed by atoms with Gasteiger partial charge in [-0.15, -0.1) is 0 Å². The number of β-amino-alcohol motifs (C(OH)–C–C–N with tert-alkyl or cyclic N) is 1. The molecule has 2 aliphatic heterocycles. The number of piperazine rings is 1. The van der Waals surface area contributed by atoms with Crippen LogP contribution in [0.4, 0.5) is 11.7 Å². The van der Waals surface area contributed by atoms with Crippen molar-refractivity contribution in [3.8, 4) is 5.75 Å². The van der Waals surface area contributed by atoms with Gasteiger partial charge in [-0.1, -0.05) is 0 Å². The number of nitrogens with one attached hydrogen (secondary N) is 1. The lowest BCUT2D eigenvalue weighted by Gasteiger charge is -2.34. The van der Waals surface area contributed by atoms with E-state index in [2.05, 4.69) is 20.3 Å². The molecule has 0 saturated carbocycles. The van der Waals surface area contributed by atoms with E-state index >= 15 is 0 Å². The van der Waals surface area contributed by atoms with Crippen LogP contribution in [0.3, 0.4) is 0 Å². The minimum atomic E-state index is -1.29. The van der Waals surface area contributed by atoms with Crippen molar-refractivity contribution in [1.82, 2.24) is 14.9 Å².